The Morgan fingerprint density at radius 1 is 1.00 bits per heavy atom. The second-order valence-electron chi connectivity index (χ2n) is 1.08. The molecular weight excluding hydrogens is 347 g/mol. The fraction of sp³-hybridized carbons (Fsp3) is 0. The van der Waals surface area contributed by atoms with Crippen LogP contribution in [0.15, 0.2) is 30.3 Å². The Morgan fingerprint density at radius 2 is 1.50 bits per heavy atom. The van der Waals surface area contributed by atoms with Crippen LogP contribution in [0, 0.1) is 6.07 Å². The molecule has 0 heterocycles. The van der Waals surface area contributed by atoms with Gasteiger partial charge in [-0.2, -0.15) is 36.4 Å². The Morgan fingerprint density at radius 3 is 1.62 bits per heavy atom. The van der Waals surface area contributed by atoms with Crippen molar-refractivity contribution in [2.24, 2.45) is 0 Å². The van der Waals surface area contributed by atoms with Crippen molar-refractivity contribution in [3.63, 3.8) is 0 Å². The first-order valence-corrected chi connectivity index (χ1v) is 6.99. The van der Waals surface area contributed by atoms with E-state index in [-0.39, 0.29) is 0 Å². The van der Waals surface area contributed by atoms with Gasteiger partial charge in [-0.25, -0.2) is 0 Å². The van der Waals surface area contributed by atoms with E-state index in [2.05, 4.69) is 19.4 Å². The summed E-state index contributed by atoms with van der Waals surface area (Å²) in [6.45, 7) is 0. The van der Waals surface area contributed by atoms with Crippen LogP contribution in [0.1, 0.15) is 0 Å². The Bertz CT molecular complexity index is 80.5. The predicted molar refractivity (Wildman–Crippen MR) is 34.2 cm³/mol. The molecule has 1 rings (SSSR count). The molecule has 0 fully saturated rings. The maximum Gasteiger partial charge on any atom is -0.171 e. The minimum Gasteiger partial charge on any atom is -0.184 e. The van der Waals surface area contributed by atoms with Crippen molar-refractivity contribution in [1.29, 1.82) is 0 Å². The van der Waals surface area contributed by atoms with E-state index in [1.54, 1.807) is 0 Å². The maximum atomic E-state index is 2.91. The molecule has 1 aromatic carbocycles. The molecule has 0 aliphatic heterocycles. The van der Waals surface area contributed by atoms with Gasteiger partial charge in [0.25, 0.3) is 0 Å². The van der Waals surface area contributed by atoms with Crippen molar-refractivity contribution >= 4 is 13.3 Å². The summed E-state index contributed by atoms with van der Waals surface area (Å²) in [7, 11) is 0. The van der Waals surface area contributed by atoms with E-state index in [1.165, 1.54) is 0 Å². The van der Waals surface area contributed by atoms with E-state index in [0.29, 0.717) is 0 Å². The molecule has 0 nitrogen and oxygen atoms in total. The molecule has 0 N–H and O–H groups in total. The van der Waals surface area contributed by atoms with E-state index in [1.807, 2.05) is 48.1 Å². The monoisotopic (exact) mass is 351 g/mol. The van der Waals surface area contributed by atoms with E-state index < -0.39 is 0 Å². The van der Waals surface area contributed by atoms with E-state index in [9.17, 15) is 0 Å². The van der Waals surface area contributed by atoms with E-state index in [0.717, 1.165) is 0 Å². The molecular formula is C6H5BrPt. The third-order valence-electron chi connectivity index (χ3n) is 0.607. The molecule has 8 heavy (non-hydrogen) atoms. The molecule has 0 atom stereocenters. The number of hydrogen-bond donors (Lipinski definition) is 0. The number of benzene rings is 1. The second kappa shape index (κ2) is 7.39. The van der Waals surface area contributed by atoms with Gasteiger partial charge in [-0.15, -0.1) is 0 Å². The summed E-state index contributed by atoms with van der Waals surface area (Å²) in [5.41, 5.74) is 0. The quantitative estimate of drug-likeness (QED) is 0.629. The van der Waals surface area contributed by atoms with Crippen LogP contribution >= 0.6 is 13.3 Å². The predicted octanol–water partition coefficient (Wildman–Crippen LogP) is 2.33. The fourth-order valence-electron chi connectivity index (χ4n) is 0.342. The topological polar surface area (TPSA) is 0 Å². The van der Waals surface area contributed by atoms with Crippen LogP contribution in [-0.2, 0) is 17.8 Å². The largest absolute Gasteiger partial charge is 0.184 e. The van der Waals surface area contributed by atoms with Gasteiger partial charge in [-0.3, -0.25) is 0 Å². The average molecular weight is 352 g/mol. The van der Waals surface area contributed by atoms with Gasteiger partial charge in [0, 0.05) is 0 Å². The SMILES string of the molecule is [Br][Pt+].[c-]1ccccc1. The van der Waals surface area contributed by atoms with Crippen LogP contribution in [0.2, 0.25) is 0 Å². The van der Waals surface area contributed by atoms with Crippen molar-refractivity contribution in [3.05, 3.63) is 36.4 Å². The van der Waals surface area contributed by atoms with E-state index >= 15 is 0 Å². The standard InChI is InChI=1S/C6H5.BrH.Pt/c1-2-4-6-5-3-1;;/h1-5H;1H;/q-1;;+2/p-1. The van der Waals surface area contributed by atoms with Gasteiger partial charge in [-0.1, -0.05) is 0 Å². The summed E-state index contributed by atoms with van der Waals surface area (Å²) in [5.74, 6) is 0. The van der Waals surface area contributed by atoms with Crippen molar-refractivity contribution in [2.45, 2.75) is 0 Å². The summed E-state index contributed by atoms with van der Waals surface area (Å²) in [5, 5.41) is 0. The van der Waals surface area contributed by atoms with Crippen LogP contribution in [0.3, 0.4) is 0 Å². The van der Waals surface area contributed by atoms with Crippen molar-refractivity contribution in [3.8, 4) is 0 Å². The van der Waals surface area contributed by atoms with Crippen LogP contribution in [0.5, 0.6) is 0 Å². The van der Waals surface area contributed by atoms with Gasteiger partial charge < -0.3 is 0 Å². The molecule has 0 spiro atoms. The van der Waals surface area contributed by atoms with Crippen LogP contribution in [-0.4, -0.2) is 0 Å². The first-order valence-electron chi connectivity index (χ1n) is 2.03. The molecule has 1 aromatic rings. The normalized spacial score (nSPS) is 6.88. The molecule has 0 radical (unpaired) electrons. The van der Waals surface area contributed by atoms with Gasteiger partial charge in [0.2, 0.25) is 0 Å². The number of hydrogen-bond acceptors (Lipinski definition) is 0. The van der Waals surface area contributed by atoms with Crippen molar-refractivity contribution in [1.82, 2.24) is 0 Å². The molecule has 46 valence electrons. The van der Waals surface area contributed by atoms with Gasteiger partial charge in [0.15, 0.2) is 0 Å². The average Bonchev–Trinajstić information content (AvgIpc) is 1.96. The Kier molecular flexibility index (Phi) is 7.75. The number of halogens is 1. The molecule has 0 aromatic heterocycles. The van der Waals surface area contributed by atoms with Crippen LogP contribution in [0.4, 0.5) is 0 Å². The first-order chi connectivity index (χ1) is 4.00. The summed E-state index contributed by atoms with van der Waals surface area (Å²) < 4.78 is 0. The summed E-state index contributed by atoms with van der Waals surface area (Å²) in [6.07, 6.45) is 0. The molecule has 0 unspecified atom stereocenters. The third kappa shape index (κ3) is 4.54. The zero-order chi connectivity index (χ0) is 6.24. The second-order valence-corrected chi connectivity index (χ2v) is 1.08. The Hall–Kier alpha value is 0.388. The van der Waals surface area contributed by atoms with Gasteiger partial charge >= 0.3 is 31.1 Å². The maximum absolute atomic E-state index is 2.91. The third-order valence-corrected chi connectivity index (χ3v) is 0.607. The summed E-state index contributed by atoms with van der Waals surface area (Å²) in [6, 6.07) is 12.5. The summed E-state index contributed by atoms with van der Waals surface area (Å²) in [4.78, 5) is 0. The zero-order valence-electron chi connectivity index (χ0n) is 4.08. The van der Waals surface area contributed by atoms with Crippen molar-refractivity contribution < 1.29 is 17.8 Å². The molecule has 0 bridgehead atoms. The molecule has 0 amide bonds. The van der Waals surface area contributed by atoms with Crippen LogP contribution < -0.4 is 0 Å². The van der Waals surface area contributed by atoms with Crippen LogP contribution in [0.25, 0.3) is 0 Å². The Labute approximate surface area is 67.3 Å². The minimum absolute atomic E-state index is 1.88. The fourth-order valence-corrected chi connectivity index (χ4v) is 0.342. The molecule has 2 heteroatoms. The Balaban J connectivity index is 0.000000222. The molecule has 0 saturated heterocycles. The van der Waals surface area contributed by atoms with E-state index in [4.69, 9.17) is 0 Å². The van der Waals surface area contributed by atoms with Gasteiger partial charge in [-0.05, 0) is 0 Å². The molecule has 0 saturated carbocycles. The van der Waals surface area contributed by atoms with Crippen molar-refractivity contribution in [2.75, 3.05) is 0 Å². The summed E-state index contributed by atoms with van der Waals surface area (Å²) >= 11 is 4.86. The van der Waals surface area contributed by atoms with Gasteiger partial charge in [0.1, 0.15) is 0 Å². The zero-order valence-corrected chi connectivity index (χ0v) is 7.94. The van der Waals surface area contributed by atoms with Gasteiger partial charge in [0.05, 0.1) is 0 Å². The minimum atomic E-state index is 1.88. The molecule has 0 aliphatic carbocycles. The smallest absolute Gasteiger partial charge is 0.171 e. The molecule has 0 aliphatic rings. The first kappa shape index (κ1) is 8.39. The number of rotatable bonds is 0.